The molecule has 0 saturated heterocycles. The average molecular weight is 529 g/mol. The Morgan fingerprint density at radius 3 is 2.79 bits per heavy atom. The Morgan fingerprint density at radius 2 is 1.97 bits per heavy atom. The van der Waals surface area contributed by atoms with Crippen LogP contribution in [0.5, 0.6) is 17.2 Å². The van der Waals surface area contributed by atoms with Gasteiger partial charge in [0.1, 0.15) is 11.8 Å². The summed E-state index contributed by atoms with van der Waals surface area (Å²) in [5.41, 5.74) is 2.04. The molecule has 0 N–H and O–H groups in total. The molecule has 2 aliphatic rings. The molecule has 8 nitrogen and oxygen atoms in total. The van der Waals surface area contributed by atoms with Crippen molar-refractivity contribution < 1.29 is 23.7 Å². The summed E-state index contributed by atoms with van der Waals surface area (Å²) in [6.45, 7) is 3.89. The molecule has 1 aromatic heterocycles. The second-order valence-corrected chi connectivity index (χ2v) is 9.83. The van der Waals surface area contributed by atoms with E-state index in [-0.39, 0.29) is 19.0 Å². The minimum atomic E-state index is -0.787. The summed E-state index contributed by atoms with van der Waals surface area (Å²) in [6.07, 6.45) is 1.80. The van der Waals surface area contributed by atoms with Crippen LogP contribution in [0, 0.1) is 0 Å². The normalized spacial score (nSPS) is 16.4. The summed E-state index contributed by atoms with van der Waals surface area (Å²) in [5.74, 6) is 1.35. The fourth-order valence-electron chi connectivity index (χ4n) is 4.95. The first-order valence-electron chi connectivity index (χ1n) is 12.1. The zero-order chi connectivity index (χ0) is 26.4. The summed E-state index contributed by atoms with van der Waals surface area (Å²) in [7, 11) is 1.58. The number of ether oxygens (including phenoxy) is 4. The molecule has 6 rings (SSSR count). The quantitative estimate of drug-likeness (QED) is 0.367. The first-order valence-corrected chi connectivity index (χ1v) is 13.0. The number of thiazole rings is 1. The van der Waals surface area contributed by atoms with Crippen molar-refractivity contribution in [3.8, 4) is 17.2 Å². The molecule has 0 amide bonds. The number of fused-ring (bicyclic) bond motifs is 3. The molecule has 1 atom stereocenters. The summed E-state index contributed by atoms with van der Waals surface area (Å²) in [5, 5.41) is 1.84. The molecule has 9 heteroatoms. The number of carbonyl (C=O) groups excluding carboxylic acids is 1. The van der Waals surface area contributed by atoms with E-state index in [1.165, 1.54) is 11.3 Å². The second kappa shape index (κ2) is 9.50. The molecule has 1 unspecified atom stereocenters. The topological polar surface area (TPSA) is 88.4 Å². The number of carbonyl (C=O) groups is 1. The molecular weight excluding hydrogens is 504 g/mol. The molecule has 0 saturated carbocycles. The van der Waals surface area contributed by atoms with Crippen LogP contribution in [-0.4, -0.2) is 31.0 Å². The van der Waals surface area contributed by atoms with Crippen molar-refractivity contribution in [3.63, 3.8) is 0 Å². The molecule has 0 spiro atoms. The van der Waals surface area contributed by atoms with Gasteiger partial charge in [0.25, 0.3) is 5.56 Å². The van der Waals surface area contributed by atoms with Gasteiger partial charge in [-0.3, -0.25) is 9.36 Å². The third kappa shape index (κ3) is 3.86. The molecule has 3 heterocycles. The SMILES string of the molecule is CCOC(=O)C1=C(C)N=c2s/c(=C/c3ccc4c(c3)OCO4)c(=O)n2C1c1c(OC)ccc2ccccc12. The van der Waals surface area contributed by atoms with Crippen molar-refractivity contribution >= 4 is 34.2 Å². The first kappa shape index (κ1) is 24.0. The fourth-order valence-corrected chi connectivity index (χ4v) is 6.00. The van der Waals surface area contributed by atoms with E-state index < -0.39 is 12.0 Å². The number of esters is 1. The van der Waals surface area contributed by atoms with E-state index in [0.29, 0.717) is 43.4 Å². The van der Waals surface area contributed by atoms with Gasteiger partial charge in [0.2, 0.25) is 6.79 Å². The van der Waals surface area contributed by atoms with E-state index in [1.54, 1.807) is 31.6 Å². The van der Waals surface area contributed by atoms with Gasteiger partial charge in [-0.05, 0) is 54.5 Å². The van der Waals surface area contributed by atoms with Crippen molar-refractivity contribution in [2.75, 3.05) is 20.5 Å². The number of rotatable bonds is 5. The smallest absolute Gasteiger partial charge is 0.338 e. The first-order chi connectivity index (χ1) is 18.5. The molecule has 38 heavy (non-hydrogen) atoms. The van der Waals surface area contributed by atoms with Gasteiger partial charge in [-0.1, -0.05) is 47.7 Å². The molecule has 2 aliphatic heterocycles. The predicted molar refractivity (Wildman–Crippen MR) is 143 cm³/mol. The lowest BCUT2D eigenvalue weighted by Crippen LogP contribution is -2.40. The zero-order valence-corrected chi connectivity index (χ0v) is 21.8. The van der Waals surface area contributed by atoms with Gasteiger partial charge >= 0.3 is 5.97 Å². The van der Waals surface area contributed by atoms with Crippen LogP contribution >= 0.6 is 11.3 Å². The van der Waals surface area contributed by atoms with Crippen LogP contribution in [0.4, 0.5) is 0 Å². The standard InChI is InChI=1S/C29H24N2O6S/c1-4-35-28(33)24-16(2)30-29-31(26(24)25-19-8-6-5-7-18(19)10-12-21(25)34-3)27(32)23(38-29)14-17-9-11-20-22(13-17)37-15-36-20/h5-14,26H,4,15H2,1-3H3/b23-14+. The Hall–Kier alpha value is -4.37. The molecular formula is C29H24N2O6S. The highest BCUT2D eigenvalue weighted by Gasteiger charge is 2.36. The van der Waals surface area contributed by atoms with Crippen molar-refractivity contribution in [2.24, 2.45) is 4.99 Å². The van der Waals surface area contributed by atoms with Gasteiger partial charge in [0.15, 0.2) is 16.3 Å². The molecule has 192 valence electrons. The van der Waals surface area contributed by atoms with Gasteiger partial charge in [0.05, 0.1) is 29.5 Å². The van der Waals surface area contributed by atoms with Crippen LogP contribution in [0.15, 0.2) is 75.7 Å². The lowest BCUT2D eigenvalue weighted by Gasteiger charge is -2.27. The fraction of sp³-hybridized carbons (Fsp3) is 0.207. The minimum absolute atomic E-state index is 0.170. The van der Waals surface area contributed by atoms with Gasteiger partial charge in [-0.15, -0.1) is 0 Å². The highest BCUT2D eigenvalue weighted by molar-refractivity contribution is 7.07. The van der Waals surface area contributed by atoms with Gasteiger partial charge in [-0.2, -0.15) is 0 Å². The summed E-state index contributed by atoms with van der Waals surface area (Å²) in [6, 6.07) is 16.4. The second-order valence-electron chi connectivity index (χ2n) is 8.82. The number of nitrogens with zero attached hydrogens (tertiary/aromatic N) is 2. The summed E-state index contributed by atoms with van der Waals surface area (Å²) < 4.78 is 24.2. The minimum Gasteiger partial charge on any atom is -0.496 e. The molecule has 0 radical (unpaired) electrons. The number of hydrogen-bond acceptors (Lipinski definition) is 8. The third-order valence-corrected chi connectivity index (χ3v) is 7.62. The van der Waals surface area contributed by atoms with E-state index in [2.05, 4.69) is 4.99 Å². The molecule has 3 aromatic carbocycles. The van der Waals surface area contributed by atoms with Crippen LogP contribution in [0.2, 0.25) is 0 Å². The van der Waals surface area contributed by atoms with Gasteiger partial charge in [0, 0.05) is 5.56 Å². The molecule has 0 aliphatic carbocycles. The predicted octanol–water partition coefficient (Wildman–Crippen LogP) is 3.69. The van der Waals surface area contributed by atoms with E-state index in [1.807, 2.05) is 54.6 Å². The largest absolute Gasteiger partial charge is 0.496 e. The maximum atomic E-state index is 14.0. The lowest BCUT2D eigenvalue weighted by atomic mass is 9.90. The Morgan fingerprint density at radius 1 is 1.16 bits per heavy atom. The molecule has 0 fully saturated rings. The van der Waals surface area contributed by atoms with Crippen molar-refractivity contribution in [2.45, 2.75) is 19.9 Å². The van der Waals surface area contributed by atoms with E-state index in [4.69, 9.17) is 18.9 Å². The Balaban J connectivity index is 1.63. The third-order valence-electron chi connectivity index (χ3n) is 6.64. The zero-order valence-electron chi connectivity index (χ0n) is 21.0. The van der Waals surface area contributed by atoms with Gasteiger partial charge in [-0.25, -0.2) is 9.79 Å². The highest BCUT2D eigenvalue weighted by atomic mass is 32.1. The van der Waals surface area contributed by atoms with Gasteiger partial charge < -0.3 is 18.9 Å². The number of hydrogen-bond donors (Lipinski definition) is 0. The highest BCUT2D eigenvalue weighted by Crippen LogP contribution is 2.40. The average Bonchev–Trinajstić information content (AvgIpc) is 3.51. The van der Waals surface area contributed by atoms with Crippen molar-refractivity contribution in [3.05, 3.63) is 96.7 Å². The molecule has 4 aromatic rings. The lowest BCUT2D eigenvalue weighted by molar-refractivity contribution is -0.139. The van der Waals surface area contributed by atoms with E-state index in [0.717, 1.165) is 16.3 Å². The Kier molecular flexibility index (Phi) is 6.00. The number of methoxy groups -OCH3 is 1. The van der Waals surface area contributed by atoms with Crippen LogP contribution in [-0.2, 0) is 9.53 Å². The van der Waals surface area contributed by atoms with Crippen LogP contribution < -0.4 is 29.1 Å². The summed E-state index contributed by atoms with van der Waals surface area (Å²) >= 11 is 1.27. The van der Waals surface area contributed by atoms with Crippen LogP contribution in [0.3, 0.4) is 0 Å². The monoisotopic (exact) mass is 528 g/mol. The number of aromatic nitrogens is 1. The van der Waals surface area contributed by atoms with E-state index >= 15 is 0 Å². The molecule has 0 bridgehead atoms. The van der Waals surface area contributed by atoms with Crippen molar-refractivity contribution in [1.29, 1.82) is 0 Å². The number of benzene rings is 3. The Labute approximate surface area is 221 Å². The van der Waals surface area contributed by atoms with Crippen LogP contribution in [0.1, 0.15) is 31.0 Å². The van der Waals surface area contributed by atoms with E-state index in [9.17, 15) is 9.59 Å². The maximum absolute atomic E-state index is 14.0. The summed E-state index contributed by atoms with van der Waals surface area (Å²) in [4.78, 5) is 32.5. The number of allylic oxidation sites excluding steroid dienone is 1. The van der Waals surface area contributed by atoms with Crippen molar-refractivity contribution in [1.82, 2.24) is 4.57 Å². The van der Waals surface area contributed by atoms with Crippen LogP contribution in [0.25, 0.3) is 16.8 Å². The maximum Gasteiger partial charge on any atom is 0.338 e. The Bertz CT molecular complexity index is 1820.